The Bertz CT molecular complexity index is 595. The van der Waals surface area contributed by atoms with E-state index in [4.69, 9.17) is 16.3 Å². The molecular weight excluding hydrogens is 282 g/mol. The predicted octanol–water partition coefficient (Wildman–Crippen LogP) is 4.59. The minimum Gasteiger partial charge on any atom is -0.497 e. The lowest BCUT2D eigenvalue weighted by atomic mass is 9.75. The van der Waals surface area contributed by atoms with E-state index in [1.807, 2.05) is 31.3 Å². The SMILES string of the molecule is CNC(c1ccc(OC)cc1Cl)C(C)(C)c1ccccc1. The molecule has 0 fully saturated rings. The van der Waals surface area contributed by atoms with Gasteiger partial charge in [-0.1, -0.05) is 61.8 Å². The van der Waals surface area contributed by atoms with E-state index in [0.717, 1.165) is 16.3 Å². The van der Waals surface area contributed by atoms with Crippen LogP contribution >= 0.6 is 11.6 Å². The van der Waals surface area contributed by atoms with Crippen LogP contribution in [0.15, 0.2) is 48.5 Å². The van der Waals surface area contributed by atoms with Gasteiger partial charge in [0, 0.05) is 16.5 Å². The summed E-state index contributed by atoms with van der Waals surface area (Å²) in [7, 11) is 3.62. The second-order valence-corrected chi connectivity index (χ2v) is 6.10. The molecule has 2 rings (SSSR count). The zero-order chi connectivity index (χ0) is 15.5. The minimum atomic E-state index is -0.0890. The molecule has 2 aromatic rings. The molecule has 0 saturated heterocycles. The van der Waals surface area contributed by atoms with E-state index in [9.17, 15) is 0 Å². The molecule has 0 spiro atoms. The molecule has 112 valence electrons. The van der Waals surface area contributed by atoms with Crippen LogP contribution in [0.5, 0.6) is 5.75 Å². The molecule has 2 aromatic carbocycles. The number of rotatable bonds is 5. The first kappa shape index (κ1) is 15.9. The van der Waals surface area contributed by atoms with Crippen molar-refractivity contribution in [2.45, 2.75) is 25.3 Å². The van der Waals surface area contributed by atoms with Gasteiger partial charge in [0.05, 0.1) is 7.11 Å². The predicted molar refractivity (Wildman–Crippen MR) is 89.3 cm³/mol. The average Bonchev–Trinajstić information content (AvgIpc) is 2.50. The van der Waals surface area contributed by atoms with Crippen molar-refractivity contribution in [2.75, 3.05) is 14.2 Å². The van der Waals surface area contributed by atoms with Crippen molar-refractivity contribution in [1.82, 2.24) is 5.32 Å². The highest BCUT2D eigenvalue weighted by atomic mass is 35.5. The molecule has 0 aliphatic carbocycles. The molecule has 0 saturated carbocycles. The van der Waals surface area contributed by atoms with Crippen molar-refractivity contribution in [1.29, 1.82) is 0 Å². The highest BCUT2D eigenvalue weighted by Crippen LogP contribution is 2.40. The third-order valence-electron chi connectivity index (χ3n) is 4.05. The summed E-state index contributed by atoms with van der Waals surface area (Å²) < 4.78 is 5.23. The summed E-state index contributed by atoms with van der Waals surface area (Å²) in [4.78, 5) is 0. The number of hydrogen-bond donors (Lipinski definition) is 1. The first-order valence-corrected chi connectivity index (χ1v) is 7.44. The summed E-state index contributed by atoms with van der Waals surface area (Å²) in [6.45, 7) is 4.45. The van der Waals surface area contributed by atoms with Gasteiger partial charge in [-0.05, 0) is 30.3 Å². The Morgan fingerprint density at radius 1 is 1.10 bits per heavy atom. The van der Waals surface area contributed by atoms with E-state index >= 15 is 0 Å². The number of methoxy groups -OCH3 is 1. The van der Waals surface area contributed by atoms with Crippen LogP contribution in [0.1, 0.15) is 31.0 Å². The number of nitrogens with one attached hydrogen (secondary N) is 1. The van der Waals surface area contributed by atoms with Gasteiger partial charge in [-0.2, -0.15) is 0 Å². The van der Waals surface area contributed by atoms with E-state index in [1.54, 1.807) is 7.11 Å². The van der Waals surface area contributed by atoms with Gasteiger partial charge in [-0.3, -0.25) is 0 Å². The molecule has 0 aliphatic heterocycles. The molecule has 0 aliphatic rings. The Morgan fingerprint density at radius 3 is 2.29 bits per heavy atom. The maximum absolute atomic E-state index is 6.46. The number of hydrogen-bond acceptors (Lipinski definition) is 2. The van der Waals surface area contributed by atoms with Gasteiger partial charge in [-0.25, -0.2) is 0 Å². The summed E-state index contributed by atoms with van der Waals surface area (Å²) in [5.74, 6) is 0.774. The molecule has 1 N–H and O–H groups in total. The fraction of sp³-hybridized carbons (Fsp3) is 0.333. The number of halogens is 1. The zero-order valence-electron chi connectivity index (χ0n) is 13.0. The summed E-state index contributed by atoms with van der Waals surface area (Å²) in [5, 5.41) is 4.13. The molecule has 1 unspecified atom stereocenters. The summed E-state index contributed by atoms with van der Waals surface area (Å²) in [6.07, 6.45) is 0. The van der Waals surface area contributed by atoms with Gasteiger partial charge >= 0.3 is 0 Å². The molecule has 3 heteroatoms. The topological polar surface area (TPSA) is 21.3 Å². The fourth-order valence-electron chi connectivity index (χ4n) is 2.81. The van der Waals surface area contributed by atoms with Crippen LogP contribution in [0.2, 0.25) is 5.02 Å². The molecule has 1 atom stereocenters. The smallest absolute Gasteiger partial charge is 0.120 e. The molecule has 0 radical (unpaired) electrons. The van der Waals surface area contributed by atoms with Crippen LogP contribution in [0, 0.1) is 0 Å². The lowest BCUT2D eigenvalue weighted by Gasteiger charge is -2.35. The number of benzene rings is 2. The monoisotopic (exact) mass is 303 g/mol. The Balaban J connectivity index is 2.44. The van der Waals surface area contributed by atoms with E-state index in [-0.39, 0.29) is 11.5 Å². The summed E-state index contributed by atoms with van der Waals surface area (Å²) in [6, 6.07) is 16.4. The zero-order valence-corrected chi connectivity index (χ0v) is 13.7. The third-order valence-corrected chi connectivity index (χ3v) is 4.37. The lowest BCUT2D eigenvalue weighted by molar-refractivity contribution is 0.367. The van der Waals surface area contributed by atoms with Gasteiger partial charge in [0.15, 0.2) is 0 Å². The summed E-state index contributed by atoms with van der Waals surface area (Å²) >= 11 is 6.46. The Kier molecular flexibility index (Phi) is 4.92. The molecule has 0 aromatic heterocycles. The van der Waals surface area contributed by atoms with Crippen LogP contribution in [0.25, 0.3) is 0 Å². The molecule has 0 amide bonds. The van der Waals surface area contributed by atoms with Crippen molar-refractivity contribution < 1.29 is 4.74 Å². The Labute approximate surface area is 132 Å². The van der Waals surface area contributed by atoms with Crippen molar-refractivity contribution >= 4 is 11.6 Å². The van der Waals surface area contributed by atoms with Crippen molar-refractivity contribution in [3.05, 3.63) is 64.7 Å². The largest absolute Gasteiger partial charge is 0.497 e. The Hall–Kier alpha value is -1.51. The minimum absolute atomic E-state index is 0.0890. The van der Waals surface area contributed by atoms with Gasteiger partial charge < -0.3 is 10.1 Å². The van der Waals surface area contributed by atoms with E-state index in [1.165, 1.54) is 5.56 Å². The Morgan fingerprint density at radius 2 is 1.76 bits per heavy atom. The molecule has 0 heterocycles. The van der Waals surface area contributed by atoms with Gasteiger partial charge in [0.2, 0.25) is 0 Å². The quantitative estimate of drug-likeness (QED) is 0.872. The van der Waals surface area contributed by atoms with E-state index < -0.39 is 0 Å². The van der Waals surface area contributed by atoms with Crippen LogP contribution in [-0.4, -0.2) is 14.2 Å². The number of likely N-dealkylation sites (N-methyl/N-ethyl adjacent to an activating group) is 1. The molecular formula is C18H22ClNO. The summed E-state index contributed by atoms with van der Waals surface area (Å²) in [5.41, 5.74) is 2.26. The van der Waals surface area contributed by atoms with E-state index in [0.29, 0.717) is 0 Å². The first-order chi connectivity index (χ1) is 10.0. The second kappa shape index (κ2) is 6.50. The number of ether oxygens (including phenoxy) is 1. The second-order valence-electron chi connectivity index (χ2n) is 5.70. The van der Waals surface area contributed by atoms with E-state index in [2.05, 4.69) is 43.4 Å². The highest BCUT2D eigenvalue weighted by Gasteiger charge is 2.32. The molecule has 21 heavy (non-hydrogen) atoms. The van der Waals surface area contributed by atoms with Crippen LogP contribution < -0.4 is 10.1 Å². The maximum Gasteiger partial charge on any atom is 0.120 e. The molecule has 0 bridgehead atoms. The third kappa shape index (κ3) is 3.22. The standard InChI is InChI=1S/C18H22ClNO/c1-18(2,13-8-6-5-7-9-13)17(20-3)15-11-10-14(21-4)12-16(15)19/h5-12,17,20H,1-4H3. The van der Waals surface area contributed by atoms with Crippen molar-refractivity contribution in [3.63, 3.8) is 0 Å². The highest BCUT2D eigenvalue weighted by molar-refractivity contribution is 6.31. The van der Waals surface area contributed by atoms with Gasteiger partial charge in [-0.15, -0.1) is 0 Å². The van der Waals surface area contributed by atoms with Crippen molar-refractivity contribution in [3.8, 4) is 5.75 Å². The van der Waals surface area contributed by atoms with Crippen LogP contribution in [-0.2, 0) is 5.41 Å². The normalized spacial score (nSPS) is 13.0. The van der Waals surface area contributed by atoms with Crippen molar-refractivity contribution in [2.24, 2.45) is 0 Å². The van der Waals surface area contributed by atoms with Crippen LogP contribution in [0.4, 0.5) is 0 Å². The van der Waals surface area contributed by atoms with Gasteiger partial charge in [0.25, 0.3) is 0 Å². The van der Waals surface area contributed by atoms with Crippen LogP contribution in [0.3, 0.4) is 0 Å². The fourth-order valence-corrected chi connectivity index (χ4v) is 3.09. The first-order valence-electron chi connectivity index (χ1n) is 7.07. The van der Waals surface area contributed by atoms with Gasteiger partial charge in [0.1, 0.15) is 5.75 Å². The molecule has 2 nitrogen and oxygen atoms in total. The lowest BCUT2D eigenvalue weighted by Crippen LogP contribution is -2.35. The average molecular weight is 304 g/mol. The maximum atomic E-state index is 6.46.